The van der Waals surface area contributed by atoms with E-state index < -0.39 is 26.1 Å². The van der Waals surface area contributed by atoms with Crippen molar-refractivity contribution < 1.29 is 21.6 Å². The fraction of sp³-hybridized carbons (Fsp3) is 0.400. The van der Waals surface area contributed by atoms with Crippen LogP contribution in [0.3, 0.4) is 0 Å². The molecule has 3 rings (SSSR count). The molecule has 158 valence electrons. The number of aryl methyl sites for hydroxylation is 1. The number of piperazine rings is 1. The van der Waals surface area contributed by atoms with E-state index in [1.54, 1.807) is 19.1 Å². The maximum Gasteiger partial charge on any atom is 0.243 e. The summed E-state index contributed by atoms with van der Waals surface area (Å²) < 4.78 is 57.9. The normalized spacial score (nSPS) is 19.2. The summed E-state index contributed by atoms with van der Waals surface area (Å²) in [6.45, 7) is 4.54. The number of ether oxygens (including phenoxy) is 1. The van der Waals surface area contributed by atoms with E-state index in [9.17, 15) is 16.8 Å². The molecule has 0 aliphatic carbocycles. The Morgan fingerprint density at radius 3 is 2.24 bits per heavy atom. The van der Waals surface area contributed by atoms with Gasteiger partial charge in [0, 0.05) is 25.7 Å². The lowest BCUT2D eigenvalue weighted by Gasteiger charge is -2.37. The molecule has 0 saturated carbocycles. The summed E-state index contributed by atoms with van der Waals surface area (Å²) >= 11 is 0. The van der Waals surface area contributed by atoms with Crippen LogP contribution in [-0.2, 0) is 26.7 Å². The van der Waals surface area contributed by atoms with Crippen LogP contribution in [0.1, 0.15) is 18.1 Å². The first-order chi connectivity index (χ1) is 13.6. The predicted octanol–water partition coefficient (Wildman–Crippen LogP) is 2.23. The van der Waals surface area contributed by atoms with E-state index in [1.165, 1.54) is 20.7 Å². The molecular weight excluding hydrogens is 412 g/mol. The fourth-order valence-electron chi connectivity index (χ4n) is 3.41. The smallest absolute Gasteiger partial charge is 0.243 e. The second kappa shape index (κ2) is 8.43. The van der Waals surface area contributed by atoms with Crippen molar-refractivity contribution in [2.24, 2.45) is 0 Å². The number of sulfonamides is 2. The molecule has 1 saturated heterocycles. The van der Waals surface area contributed by atoms with E-state index in [-0.39, 0.29) is 24.5 Å². The van der Waals surface area contributed by atoms with Gasteiger partial charge in [0.05, 0.1) is 11.2 Å². The van der Waals surface area contributed by atoms with Crippen molar-refractivity contribution in [3.63, 3.8) is 0 Å². The van der Waals surface area contributed by atoms with Crippen molar-refractivity contribution in [1.82, 2.24) is 8.61 Å². The Morgan fingerprint density at radius 2 is 1.66 bits per heavy atom. The van der Waals surface area contributed by atoms with Crippen molar-refractivity contribution in [2.45, 2.75) is 31.4 Å². The first kappa shape index (κ1) is 21.8. The van der Waals surface area contributed by atoms with Crippen LogP contribution < -0.4 is 4.74 Å². The van der Waals surface area contributed by atoms with Crippen molar-refractivity contribution >= 4 is 20.0 Å². The van der Waals surface area contributed by atoms with Gasteiger partial charge in [-0.15, -0.1) is 0 Å². The van der Waals surface area contributed by atoms with Crippen LogP contribution in [-0.4, -0.2) is 57.4 Å². The molecule has 9 heteroatoms. The molecule has 1 heterocycles. The molecular formula is C20H26N2O5S2. The van der Waals surface area contributed by atoms with E-state index in [4.69, 9.17) is 4.74 Å². The van der Waals surface area contributed by atoms with Crippen LogP contribution in [0.5, 0.6) is 5.75 Å². The van der Waals surface area contributed by atoms with Crippen molar-refractivity contribution in [2.75, 3.05) is 25.9 Å². The van der Waals surface area contributed by atoms with E-state index in [1.807, 2.05) is 31.2 Å². The Labute approximate surface area is 173 Å². The molecule has 0 N–H and O–H groups in total. The molecule has 0 unspecified atom stereocenters. The minimum atomic E-state index is -3.70. The second-order valence-corrected chi connectivity index (χ2v) is 11.1. The number of hydrogen-bond acceptors (Lipinski definition) is 5. The van der Waals surface area contributed by atoms with Crippen LogP contribution >= 0.6 is 0 Å². The third kappa shape index (κ3) is 4.98. The average molecular weight is 439 g/mol. The summed E-state index contributed by atoms with van der Waals surface area (Å²) in [6.07, 6.45) is 1.14. The quantitative estimate of drug-likeness (QED) is 0.691. The van der Waals surface area contributed by atoms with Crippen LogP contribution in [0, 0.1) is 6.92 Å². The maximum atomic E-state index is 12.9. The van der Waals surface area contributed by atoms with Crippen molar-refractivity contribution in [3.05, 3.63) is 59.7 Å². The molecule has 0 spiro atoms. The molecule has 0 amide bonds. The van der Waals surface area contributed by atoms with Gasteiger partial charge in [0.1, 0.15) is 12.4 Å². The first-order valence-corrected chi connectivity index (χ1v) is 12.6. The summed E-state index contributed by atoms with van der Waals surface area (Å²) in [5.74, 6) is 0.586. The average Bonchev–Trinajstić information content (AvgIpc) is 2.66. The lowest BCUT2D eigenvalue weighted by Crippen LogP contribution is -2.54. The molecule has 2 aromatic carbocycles. The molecule has 1 aliphatic heterocycles. The topological polar surface area (TPSA) is 84.0 Å². The predicted molar refractivity (Wildman–Crippen MR) is 112 cm³/mol. The lowest BCUT2D eigenvalue weighted by atomic mass is 10.1. The summed E-state index contributed by atoms with van der Waals surface area (Å²) in [7, 11) is -7.05. The van der Waals surface area contributed by atoms with E-state index in [2.05, 4.69) is 0 Å². The van der Waals surface area contributed by atoms with Gasteiger partial charge < -0.3 is 4.74 Å². The third-order valence-electron chi connectivity index (χ3n) is 5.07. The van der Waals surface area contributed by atoms with Gasteiger partial charge in [-0.3, -0.25) is 0 Å². The summed E-state index contributed by atoms with van der Waals surface area (Å²) in [6, 6.07) is 13.8. The van der Waals surface area contributed by atoms with Gasteiger partial charge in [-0.1, -0.05) is 24.3 Å². The fourth-order valence-corrected chi connectivity index (χ4v) is 6.05. The van der Waals surface area contributed by atoms with Gasteiger partial charge in [-0.25, -0.2) is 16.8 Å². The van der Waals surface area contributed by atoms with Gasteiger partial charge in [-0.2, -0.15) is 8.61 Å². The first-order valence-electron chi connectivity index (χ1n) is 9.33. The maximum absolute atomic E-state index is 12.9. The van der Waals surface area contributed by atoms with E-state index in [0.717, 1.165) is 17.4 Å². The molecule has 1 aliphatic rings. The van der Waals surface area contributed by atoms with E-state index >= 15 is 0 Å². The van der Waals surface area contributed by atoms with E-state index in [0.29, 0.717) is 12.4 Å². The molecule has 7 nitrogen and oxygen atoms in total. The van der Waals surface area contributed by atoms with Gasteiger partial charge in [0.15, 0.2) is 0 Å². The highest BCUT2D eigenvalue weighted by atomic mass is 32.2. The highest BCUT2D eigenvalue weighted by Crippen LogP contribution is 2.24. The van der Waals surface area contributed by atoms with Gasteiger partial charge in [-0.05, 0) is 49.2 Å². The Kier molecular flexibility index (Phi) is 6.33. The van der Waals surface area contributed by atoms with Crippen LogP contribution in [0.4, 0.5) is 0 Å². The summed E-state index contributed by atoms with van der Waals surface area (Å²) in [5.41, 5.74) is 2.20. The van der Waals surface area contributed by atoms with Crippen molar-refractivity contribution in [1.29, 1.82) is 0 Å². The number of rotatable bonds is 6. The Balaban J connectivity index is 1.68. The monoisotopic (exact) mass is 438 g/mol. The molecule has 0 bridgehead atoms. The molecule has 1 atom stereocenters. The molecule has 1 fully saturated rings. The van der Waals surface area contributed by atoms with Gasteiger partial charge >= 0.3 is 0 Å². The molecule has 0 radical (unpaired) electrons. The molecule has 29 heavy (non-hydrogen) atoms. The van der Waals surface area contributed by atoms with Crippen LogP contribution in [0.15, 0.2) is 53.4 Å². The lowest BCUT2D eigenvalue weighted by molar-refractivity contribution is 0.213. The number of nitrogens with zero attached hydrogens (tertiary/aromatic N) is 2. The van der Waals surface area contributed by atoms with Crippen molar-refractivity contribution in [3.8, 4) is 5.75 Å². The Bertz CT molecular complexity index is 1070. The number of benzene rings is 2. The van der Waals surface area contributed by atoms with Gasteiger partial charge in [0.25, 0.3) is 0 Å². The molecule has 2 aromatic rings. The summed E-state index contributed by atoms with van der Waals surface area (Å²) in [4.78, 5) is 0.167. The Hall–Kier alpha value is -1.94. The zero-order valence-corrected chi connectivity index (χ0v) is 18.4. The third-order valence-corrected chi connectivity index (χ3v) is 8.35. The molecule has 0 aromatic heterocycles. The highest BCUT2D eigenvalue weighted by Gasteiger charge is 2.35. The minimum absolute atomic E-state index is 0.126. The minimum Gasteiger partial charge on any atom is -0.489 e. The van der Waals surface area contributed by atoms with Crippen LogP contribution in [0.2, 0.25) is 0 Å². The second-order valence-electron chi connectivity index (χ2n) is 7.27. The zero-order valence-electron chi connectivity index (χ0n) is 16.8. The van der Waals surface area contributed by atoms with Crippen LogP contribution in [0.25, 0.3) is 0 Å². The van der Waals surface area contributed by atoms with Gasteiger partial charge in [0.2, 0.25) is 20.0 Å². The zero-order chi connectivity index (χ0) is 21.2. The number of hydrogen-bond donors (Lipinski definition) is 0. The standard InChI is InChI=1S/C20H26N2O5S2/c1-16-6-4-5-7-18(16)15-27-19-8-10-20(11-9-19)29(25,26)21-12-13-22(17(2)14-21)28(3,23)24/h4-11,17H,12-15H2,1-3H3/t17-/m0/s1. The Morgan fingerprint density at radius 1 is 1.00 bits per heavy atom. The summed E-state index contributed by atoms with van der Waals surface area (Å²) in [5, 5.41) is 0. The SMILES string of the molecule is Cc1ccccc1COc1ccc(S(=O)(=O)N2CCN(S(C)(=O)=O)[C@@H](C)C2)cc1. The largest absolute Gasteiger partial charge is 0.489 e. The highest BCUT2D eigenvalue weighted by molar-refractivity contribution is 7.89.